The number of hydrogen-bond acceptors (Lipinski definition) is 5. The first kappa shape index (κ1) is 20.5. The normalized spacial score (nSPS) is 13.4. The number of nitrogens with two attached hydrogens (primary N) is 1. The summed E-state index contributed by atoms with van der Waals surface area (Å²) in [4.78, 5) is 24.0. The van der Waals surface area contributed by atoms with Gasteiger partial charge in [-0.3, -0.25) is 4.79 Å². The average Bonchev–Trinajstić information content (AvgIpc) is 3.12. The number of carboxylic acid groups (broad SMARTS) is 1. The van der Waals surface area contributed by atoms with E-state index in [9.17, 15) is 9.90 Å². The van der Waals surface area contributed by atoms with Crippen LogP contribution in [0.25, 0.3) is 22.2 Å². The van der Waals surface area contributed by atoms with E-state index in [4.69, 9.17) is 5.73 Å². The molecule has 1 atom stereocenters. The predicted molar refractivity (Wildman–Crippen MR) is 121 cm³/mol. The number of anilines is 1. The zero-order valence-corrected chi connectivity index (χ0v) is 17.8. The molecule has 0 aliphatic rings. The molecule has 0 saturated heterocycles. The minimum absolute atomic E-state index is 0.127. The van der Waals surface area contributed by atoms with Crippen LogP contribution in [0, 0.1) is 5.92 Å². The Balaban J connectivity index is 1.83. The molecule has 1 unspecified atom stereocenters. The predicted octanol–water partition coefficient (Wildman–Crippen LogP) is 4.12. The van der Waals surface area contributed by atoms with E-state index in [1.165, 1.54) is 0 Å². The van der Waals surface area contributed by atoms with Gasteiger partial charge in [-0.1, -0.05) is 45.0 Å². The van der Waals surface area contributed by atoms with Crippen molar-refractivity contribution in [3.8, 4) is 11.1 Å². The Labute approximate surface area is 180 Å². The molecule has 0 saturated carbocycles. The van der Waals surface area contributed by atoms with Gasteiger partial charge >= 0.3 is 5.97 Å². The standard InChI is InChI=1S/C24H25N5O2/c1-15(2)24(3,18-8-6-16(7-9-18)17-11-27-23(25)28-12-17)20-13-29(14-21(30)31)22-19(20)5-4-10-26-22/h4-13,15H,14H2,1-3H3,(H,30,31)(H2,25,27,28). The van der Waals surface area contributed by atoms with Gasteiger partial charge in [0.25, 0.3) is 0 Å². The SMILES string of the molecule is CC(C)C(C)(c1ccc(-c2cnc(N)nc2)cc1)c1cn(CC(=O)O)c2ncccc12. The second-order valence-electron chi connectivity index (χ2n) is 8.20. The molecule has 7 nitrogen and oxygen atoms in total. The summed E-state index contributed by atoms with van der Waals surface area (Å²) in [5, 5.41) is 10.3. The molecule has 0 bridgehead atoms. The molecule has 0 aliphatic carbocycles. The number of carboxylic acids is 1. The van der Waals surface area contributed by atoms with Crippen LogP contribution < -0.4 is 5.73 Å². The molecule has 4 aromatic rings. The quantitative estimate of drug-likeness (QED) is 0.490. The van der Waals surface area contributed by atoms with Crippen LogP contribution in [0.2, 0.25) is 0 Å². The number of nitrogen functional groups attached to an aromatic ring is 1. The van der Waals surface area contributed by atoms with Crippen LogP contribution >= 0.6 is 0 Å². The van der Waals surface area contributed by atoms with Crippen LogP contribution in [0.3, 0.4) is 0 Å². The van der Waals surface area contributed by atoms with Gasteiger partial charge in [-0.15, -0.1) is 0 Å². The zero-order chi connectivity index (χ0) is 22.2. The van der Waals surface area contributed by atoms with Gasteiger partial charge in [-0.05, 0) is 34.7 Å². The Morgan fingerprint density at radius 2 is 1.77 bits per heavy atom. The van der Waals surface area contributed by atoms with Crippen LogP contribution in [0.4, 0.5) is 5.95 Å². The second kappa shape index (κ2) is 7.83. The van der Waals surface area contributed by atoms with Gasteiger partial charge in [0, 0.05) is 41.2 Å². The van der Waals surface area contributed by atoms with Crippen molar-refractivity contribution in [1.29, 1.82) is 0 Å². The Kier molecular flexibility index (Phi) is 5.19. The first-order valence-corrected chi connectivity index (χ1v) is 10.1. The summed E-state index contributed by atoms with van der Waals surface area (Å²) in [7, 11) is 0. The third-order valence-electron chi connectivity index (χ3n) is 6.14. The van der Waals surface area contributed by atoms with Crippen molar-refractivity contribution < 1.29 is 9.90 Å². The monoisotopic (exact) mass is 415 g/mol. The third kappa shape index (κ3) is 3.63. The molecule has 31 heavy (non-hydrogen) atoms. The number of rotatable bonds is 6. The van der Waals surface area contributed by atoms with Gasteiger partial charge in [-0.2, -0.15) is 0 Å². The first-order chi connectivity index (χ1) is 14.8. The molecular formula is C24H25N5O2. The molecule has 3 heterocycles. The highest BCUT2D eigenvalue weighted by molar-refractivity contribution is 5.84. The van der Waals surface area contributed by atoms with Gasteiger partial charge in [0.2, 0.25) is 5.95 Å². The lowest BCUT2D eigenvalue weighted by atomic mass is 9.68. The van der Waals surface area contributed by atoms with Crippen molar-refractivity contribution in [2.45, 2.75) is 32.7 Å². The average molecular weight is 415 g/mol. The highest BCUT2D eigenvalue weighted by Crippen LogP contribution is 2.43. The van der Waals surface area contributed by atoms with Crippen molar-refractivity contribution in [2.24, 2.45) is 5.92 Å². The molecule has 0 amide bonds. The van der Waals surface area contributed by atoms with E-state index in [1.807, 2.05) is 18.3 Å². The Hall–Kier alpha value is -3.74. The van der Waals surface area contributed by atoms with Crippen molar-refractivity contribution in [3.05, 3.63) is 72.3 Å². The van der Waals surface area contributed by atoms with E-state index in [2.05, 4.69) is 60.0 Å². The fourth-order valence-electron chi connectivity index (χ4n) is 4.10. The number of pyridine rings is 1. The lowest BCUT2D eigenvalue weighted by molar-refractivity contribution is -0.137. The number of carbonyl (C=O) groups is 1. The molecular weight excluding hydrogens is 390 g/mol. The Morgan fingerprint density at radius 1 is 1.10 bits per heavy atom. The molecule has 3 aromatic heterocycles. The number of aromatic nitrogens is 4. The second-order valence-corrected chi connectivity index (χ2v) is 8.20. The molecule has 0 fully saturated rings. The van der Waals surface area contributed by atoms with Gasteiger partial charge in [0.15, 0.2) is 0 Å². The summed E-state index contributed by atoms with van der Waals surface area (Å²) < 4.78 is 1.72. The minimum atomic E-state index is -0.893. The van der Waals surface area contributed by atoms with Crippen molar-refractivity contribution in [2.75, 3.05) is 5.73 Å². The number of hydrogen-bond donors (Lipinski definition) is 2. The van der Waals surface area contributed by atoms with Gasteiger partial charge in [0.05, 0.1) is 0 Å². The van der Waals surface area contributed by atoms with Gasteiger partial charge in [-0.25, -0.2) is 15.0 Å². The molecule has 3 N–H and O–H groups in total. The van der Waals surface area contributed by atoms with E-state index in [0.29, 0.717) is 5.65 Å². The van der Waals surface area contributed by atoms with Crippen LogP contribution in [0.15, 0.2) is 61.2 Å². The summed E-state index contributed by atoms with van der Waals surface area (Å²) in [5.41, 5.74) is 10.0. The minimum Gasteiger partial charge on any atom is -0.480 e. The largest absolute Gasteiger partial charge is 0.480 e. The lowest BCUT2D eigenvalue weighted by Crippen LogP contribution is -2.30. The van der Waals surface area contributed by atoms with E-state index in [-0.39, 0.29) is 23.8 Å². The smallest absolute Gasteiger partial charge is 0.323 e. The number of fused-ring (bicyclic) bond motifs is 1. The molecule has 7 heteroatoms. The summed E-state index contributed by atoms with van der Waals surface area (Å²) in [6.45, 7) is 6.43. The van der Waals surface area contributed by atoms with Gasteiger partial charge in [0.1, 0.15) is 12.2 Å². The van der Waals surface area contributed by atoms with Crippen molar-refractivity contribution in [1.82, 2.24) is 19.5 Å². The fraction of sp³-hybridized carbons (Fsp3) is 0.250. The van der Waals surface area contributed by atoms with E-state index in [0.717, 1.165) is 27.6 Å². The Bertz CT molecular complexity index is 1230. The number of benzene rings is 1. The van der Waals surface area contributed by atoms with Crippen molar-refractivity contribution in [3.63, 3.8) is 0 Å². The molecule has 4 rings (SSSR count). The molecule has 0 spiro atoms. The van der Waals surface area contributed by atoms with Gasteiger partial charge < -0.3 is 15.4 Å². The topological polar surface area (TPSA) is 107 Å². The summed E-state index contributed by atoms with van der Waals surface area (Å²) >= 11 is 0. The highest BCUT2D eigenvalue weighted by atomic mass is 16.4. The highest BCUT2D eigenvalue weighted by Gasteiger charge is 2.35. The van der Waals surface area contributed by atoms with E-state index < -0.39 is 5.97 Å². The molecule has 158 valence electrons. The maximum Gasteiger partial charge on any atom is 0.323 e. The summed E-state index contributed by atoms with van der Waals surface area (Å²) in [5.74, 6) is -0.392. The van der Waals surface area contributed by atoms with Crippen LogP contribution in [0.5, 0.6) is 0 Å². The van der Waals surface area contributed by atoms with Crippen LogP contribution in [-0.2, 0) is 16.8 Å². The number of nitrogens with zero attached hydrogens (tertiary/aromatic N) is 4. The summed E-state index contributed by atoms with van der Waals surface area (Å²) in [6, 6.07) is 12.2. The third-order valence-corrected chi connectivity index (χ3v) is 6.14. The van der Waals surface area contributed by atoms with Crippen LogP contribution in [-0.4, -0.2) is 30.6 Å². The summed E-state index contributed by atoms with van der Waals surface area (Å²) in [6.07, 6.45) is 7.06. The van der Waals surface area contributed by atoms with E-state index >= 15 is 0 Å². The van der Waals surface area contributed by atoms with E-state index in [1.54, 1.807) is 23.2 Å². The molecule has 0 radical (unpaired) electrons. The Morgan fingerprint density at radius 3 is 2.39 bits per heavy atom. The van der Waals surface area contributed by atoms with Crippen molar-refractivity contribution >= 4 is 23.0 Å². The maximum absolute atomic E-state index is 11.4. The number of aliphatic carboxylic acids is 1. The maximum atomic E-state index is 11.4. The zero-order valence-electron chi connectivity index (χ0n) is 17.8. The van der Waals surface area contributed by atoms with Crippen LogP contribution in [0.1, 0.15) is 31.9 Å². The fourth-order valence-corrected chi connectivity index (χ4v) is 4.10. The lowest BCUT2D eigenvalue weighted by Gasteiger charge is -2.35. The first-order valence-electron chi connectivity index (χ1n) is 10.1. The molecule has 0 aliphatic heterocycles. The molecule has 1 aromatic carbocycles.